The van der Waals surface area contributed by atoms with Gasteiger partial charge in [0.25, 0.3) is 0 Å². The van der Waals surface area contributed by atoms with Crippen molar-refractivity contribution in [2.24, 2.45) is 0 Å². The van der Waals surface area contributed by atoms with Crippen LogP contribution in [-0.2, 0) is 25.8 Å². The van der Waals surface area contributed by atoms with E-state index >= 15 is 0 Å². The van der Waals surface area contributed by atoms with E-state index in [4.69, 9.17) is 30.4 Å². The third-order valence-electron chi connectivity index (χ3n) is 0. The summed E-state index contributed by atoms with van der Waals surface area (Å²) >= 11 is 3.03. The van der Waals surface area contributed by atoms with Gasteiger partial charge in [0.05, 0.1) is 0 Å². The average Bonchev–Trinajstić information content (AvgIpc) is 1.41. The van der Waals surface area contributed by atoms with Gasteiger partial charge in [0.1, 0.15) is 0 Å². The maximum absolute atomic E-state index is 4.87. The first-order valence-corrected chi connectivity index (χ1v) is 6.23. The molecule has 46 valence electrons. The molecule has 0 bridgehead atoms. The first-order valence-electron chi connectivity index (χ1n) is 0.504. The molecule has 0 heterocycles. The number of hydrogen-bond acceptors (Lipinski definition) is 0. The van der Waals surface area contributed by atoms with E-state index in [-0.39, 0.29) is 0 Å². The molecule has 0 unspecified atom stereocenters. The topological polar surface area (TPSA) is 0 Å². The summed E-state index contributed by atoms with van der Waals surface area (Å²) in [5.41, 5.74) is 0. The first-order chi connectivity index (χ1) is 2.73. The molecule has 0 amide bonds. The molecular formula is Cl4Co2. The third-order valence-corrected chi connectivity index (χ3v) is 0. The average molecular weight is 260 g/mol. The van der Waals surface area contributed by atoms with Gasteiger partial charge in [-0.3, -0.25) is 0 Å². The monoisotopic (exact) mass is 258 g/mol. The Labute approximate surface area is 65.8 Å². The zero-order valence-corrected chi connectivity index (χ0v) is 7.28. The van der Waals surface area contributed by atoms with Crippen molar-refractivity contribution in [3.05, 3.63) is 0 Å². The minimum absolute atomic E-state index is 1.19. The fraction of sp³-hybridized carbons (Fsp3) is 0. The summed E-state index contributed by atoms with van der Waals surface area (Å²) < 4.78 is 0. The molecule has 0 aliphatic carbocycles. The Morgan fingerprint density at radius 2 is 1.00 bits per heavy atom. The Morgan fingerprint density at radius 3 is 1.00 bits per heavy atom. The van der Waals surface area contributed by atoms with E-state index in [0.717, 1.165) is 0 Å². The molecule has 0 atom stereocenters. The Bertz CT molecular complexity index is 10.3. The summed E-state index contributed by atoms with van der Waals surface area (Å²) in [5, 5.41) is 0. The van der Waals surface area contributed by atoms with Gasteiger partial charge >= 0.3 is 66.4 Å². The molecule has 0 saturated carbocycles. The van der Waals surface area contributed by atoms with Crippen LogP contribution in [0.2, 0.25) is 0 Å². The van der Waals surface area contributed by atoms with Crippen LogP contribution < -0.4 is 0 Å². The van der Waals surface area contributed by atoms with Crippen molar-refractivity contribution < 1.29 is 25.8 Å². The maximum atomic E-state index is 4.87. The Hall–Kier alpha value is 2.17. The molecule has 0 aliphatic heterocycles. The van der Waals surface area contributed by atoms with Gasteiger partial charge in [-0.1, -0.05) is 0 Å². The van der Waals surface area contributed by atoms with E-state index in [9.17, 15) is 0 Å². The Balaban J connectivity index is 0. The van der Waals surface area contributed by atoms with Gasteiger partial charge in [-0.2, -0.15) is 0 Å². The molecule has 0 fully saturated rings. The van der Waals surface area contributed by atoms with Crippen molar-refractivity contribution in [3.8, 4) is 0 Å². The van der Waals surface area contributed by atoms with Crippen molar-refractivity contribution in [2.45, 2.75) is 0 Å². The molecule has 0 aromatic carbocycles. The SMILES string of the molecule is [Cl][Co].[Cl][Co]([Cl])[Cl]. The molecule has 0 aliphatic rings. The molecule has 0 aromatic rings. The van der Waals surface area contributed by atoms with Crippen molar-refractivity contribution in [1.82, 2.24) is 0 Å². The number of halogens is 4. The summed E-state index contributed by atoms with van der Waals surface area (Å²) in [4.78, 5) is 0. The van der Waals surface area contributed by atoms with Gasteiger partial charge < -0.3 is 0 Å². The van der Waals surface area contributed by atoms with E-state index in [0.29, 0.717) is 0 Å². The molecule has 0 nitrogen and oxygen atoms in total. The van der Waals surface area contributed by atoms with Crippen molar-refractivity contribution in [1.29, 1.82) is 0 Å². The molecule has 6 heavy (non-hydrogen) atoms. The molecule has 0 rings (SSSR count). The van der Waals surface area contributed by atoms with Crippen molar-refractivity contribution >= 4 is 40.6 Å². The van der Waals surface area contributed by atoms with Crippen molar-refractivity contribution in [3.63, 3.8) is 0 Å². The van der Waals surface area contributed by atoms with Gasteiger partial charge in [0, 0.05) is 0 Å². The van der Waals surface area contributed by atoms with Crippen LogP contribution in [0.3, 0.4) is 0 Å². The number of hydrogen-bond donors (Lipinski definition) is 0. The third kappa shape index (κ3) is 35.0. The van der Waals surface area contributed by atoms with Crippen LogP contribution in [0.4, 0.5) is 0 Å². The van der Waals surface area contributed by atoms with Gasteiger partial charge in [-0.05, 0) is 0 Å². The summed E-state index contributed by atoms with van der Waals surface area (Å²) in [6.07, 6.45) is 0. The van der Waals surface area contributed by atoms with Crippen LogP contribution in [0.1, 0.15) is 0 Å². The van der Waals surface area contributed by atoms with Crippen LogP contribution in [0, 0.1) is 0 Å². The fourth-order valence-corrected chi connectivity index (χ4v) is 0. The molecule has 0 N–H and O–H groups in total. The molecule has 0 spiro atoms. The van der Waals surface area contributed by atoms with Crippen LogP contribution in [0.25, 0.3) is 0 Å². The van der Waals surface area contributed by atoms with Gasteiger partial charge in [0.2, 0.25) is 0 Å². The van der Waals surface area contributed by atoms with E-state index in [1.54, 1.807) is 0 Å². The second kappa shape index (κ2) is 10.2. The zero-order valence-electron chi connectivity index (χ0n) is 2.18. The van der Waals surface area contributed by atoms with Crippen LogP contribution >= 0.6 is 40.6 Å². The van der Waals surface area contributed by atoms with E-state index in [1.807, 2.05) is 0 Å². The first kappa shape index (κ1) is 11.0. The van der Waals surface area contributed by atoms with E-state index < -0.39 is 10.9 Å². The molecule has 0 radical (unpaired) electrons. The molecular weight excluding hydrogens is 260 g/mol. The quantitative estimate of drug-likeness (QED) is 0.628. The standard InChI is InChI=1S/4ClH.2Co/h4*1H;;/q;;;;+1;+3/p-4. The van der Waals surface area contributed by atoms with Crippen LogP contribution in [-0.4, -0.2) is 0 Å². The zero-order chi connectivity index (χ0) is 5.58. The second-order valence-corrected chi connectivity index (χ2v) is 5.30. The van der Waals surface area contributed by atoms with Crippen LogP contribution in [0.15, 0.2) is 0 Å². The summed E-state index contributed by atoms with van der Waals surface area (Å²) in [7, 11) is 17.7. The van der Waals surface area contributed by atoms with E-state index in [2.05, 4.69) is 25.0 Å². The molecule has 0 aromatic heterocycles. The molecule has 6 heteroatoms. The van der Waals surface area contributed by atoms with Gasteiger partial charge in [-0.25, -0.2) is 0 Å². The fourth-order valence-electron chi connectivity index (χ4n) is 0. The predicted molar refractivity (Wildman–Crippen MR) is 23.4 cm³/mol. The predicted octanol–water partition coefficient (Wildman–Crippen LogP) is 2.75. The van der Waals surface area contributed by atoms with E-state index in [1.165, 1.54) is 0 Å². The second-order valence-electron chi connectivity index (χ2n) is 0.143. The summed E-state index contributed by atoms with van der Waals surface area (Å²) in [6, 6.07) is 0. The Morgan fingerprint density at radius 1 is 1.00 bits per heavy atom. The Kier molecular flexibility index (Phi) is 18.8. The molecule has 0 saturated heterocycles. The van der Waals surface area contributed by atoms with Crippen molar-refractivity contribution in [2.75, 3.05) is 0 Å². The number of rotatable bonds is 0. The van der Waals surface area contributed by atoms with Gasteiger partial charge in [0.15, 0.2) is 0 Å². The minimum atomic E-state index is -1.19. The normalized spacial score (nSPS) is 8.67. The van der Waals surface area contributed by atoms with Crippen LogP contribution in [0.5, 0.6) is 0 Å². The van der Waals surface area contributed by atoms with Gasteiger partial charge in [-0.15, -0.1) is 0 Å². The summed E-state index contributed by atoms with van der Waals surface area (Å²) in [5.74, 6) is 0. The summed E-state index contributed by atoms with van der Waals surface area (Å²) in [6.45, 7) is 0.